The zero-order chi connectivity index (χ0) is 22.2. The summed E-state index contributed by atoms with van der Waals surface area (Å²) in [5, 5.41) is 35.6. The van der Waals surface area contributed by atoms with Gasteiger partial charge in [0.1, 0.15) is 17.8 Å². The van der Waals surface area contributed by atoms with Crippen LogP contribution in [-0.2, 0) is 14.2 Å². The Morgan fingerprint density at radius 1 is 1.17 bits per heavy atom. The maximum absolute atomic E-state index is 11.4. The molecule has 0 spiro atoms. The lowest BCUT2D eigenvalue weighted by Crippen LogP contribution is -2.66. The van der Waals surface area contributed by atoms with Crippen LogP contribution in [-0.4, -0.2) is 71.3 Å². The van der Waals surface area contributed by atoms with Crippen LogP contribution in [0.25, 0.3) is 0 Å². The Morgan fingerprint density at radius 2 is 1.87 bits per heavy atom. The minimum atomic E-state index is -1.20. The van der Waals surface area contributed by atoms with Crippen LogP contribution in [0.2, 0.25) is 0 Å². The molecule has 4 N–H and O–H groups in total. The van der Waals surface area contributed by atoms with E-state index in [0.29, 0.717) is 11.8 Å². The molecular weight excluding hydrogens is 386 g/mol. The zero-order valence-electron chi connectivity index (χ0n) is 19.2. The van der Waals surface area contributed by atoms with Crippen LogP contribution in [0.15, 0.2) is 11.8 Å². The average molecular weight is 428 g/mol. The first-order valence-corrected chi connectivity index (χ1v) is 11.5. The van der Waals surface area contributed by atoms with Crippen molar-refractivity contribution < 1.29 is 29.5 Å². The zero-order valence-corrected chi connectivity index (χ0v) is 19.2. The molecule has 11 atom stereocenters. The average Bonchev–Trinajstić information content (AvgIpc) is 2.68. The van der Waals surface area contributed by atoms with Crippen LogP contribution in [0.3, 0.4) is 0 Å². The van der Waals surface area contributed by atoms with Crippen molar-refractivity contribution in [2.24, 2.45) is 23.7 Å². The van der Waals surface area contributed by atoms with Gasteiger partial charge in [0.05, 0.1) is 30.6 Å². The first-order valence-electron chi connectivity index (χ1n) is 11.5. The number of hydrogen-bond acceptors (Lipinski definition) is 7. The third-order valence-electron chi connectivity index (χ3n) is 7.42. The van der Waals surface area contributed by atoms with E-state index in [1.54, 1.807) is 14.0 Å². The summed E-state index contributed by atoms with van der Waals surface area (Å²) in [6.07, 6.45) is 1.66. The molecule has 0 aromatic rings. The maximum Gasteiger partial charge on any atom is 0.185 e. The Kier molecular flexibility index (Phi) is 7.53. The molecule has 30 heavy (non-hydrogen) atoms. The molecule has 0 aromatic heterocycles. The van der Waals surface area contributed by atoms with Gasteiger partial charge in [0.25, 0.3) is 0 Å². The molecule has 0 amide bonds. The predicted molar refractivity (Wildman–Crippen MR) is 114 cm³/mol. The Bertz CT molecular complexity index is 611. The first kappa shape index (κ1) is 24.0. The van der Waals surface area contributed by atoms with E-state index in [4.69, 9.17) is 14.2 Å². The molecule has 1 aliphatic carbocycles. The van der Waals surface area contributed by atoms with Crippen LogP contribution in [0.1, 0.15) is 53.9 Å². The van der Waals surface area contributed by atoms with Crippen molar-refractivity contribution in [2.45, 2.75) is 96.2 Å². The van der Waals surface area contributed by atoms with Gasteiger partial charge in [0.2, 0.25) is 0 Å². The van der Waals surface area contributed by atoms with Crippen molar-refractivity contribution in [1.29, 1.82) is 0 Å². The molecule has 3 rings (SSSR count). The van der Waals surface area contributed by atoms with Crippen LogP contribution >= 0.6 is 0 Å². The summed E-state index contributed by atoms with van der Waals surface area (Å²) in [5.41, 5.74) is -1.20. The highest BCUT2D eigenvalue weighted by Gasteiger charge is 2.51. The van der Waals surface area contributed by atoms with Crippen LogP contribution in [0.5, 0.6) is 0 Å². The number of ether oxygens (including phenoxy) is 3. The van der Waals surface area contributed by atoms with Gasteiger partial charge in [-0.05, 0) is 50.6 Å². The van der Waals surface area contributed by atoms with E-state index < -0.39 is 36.2 Å². The molecular formula is C23H41NO6. The molecule has 2 aliphatic heterocycles. The van der Waals surface area contributed by atoms with Crippen molar-refractivity contribution in [3.05, 3.63) is 11.8 Å². The van der Waals surface area contributed by atoms with Crippen LogP contribution in [0.4, 0.5) is 0 Å². The van der Waals surface area contributed by atoms with Gasteiger partial charge in [-0.15, -0.1) is 0 Å². The number of nitrogens with one attached hydrogen (secondary N) is 1. The molecule has 2 heterocycles. The fourth-order valence-corrected chi connectivity index (χ4v) is 5.70. The maximum atomic E-state index is 11.4. The van der Waals surface area contributed by atoms with E-state index in [9.17, 15) is 15.3 Å². The molecule has 0 radical (unpaired) electrons. The monoisotopic (exact) mass is 427 g/mol. The fraction of sp³-hybridized carbons (Fsp3) is 0.913. The largest absolute Gasteiger partial charge is 0.494 e. The normalized spacial score (nSPS) is 50.0. The minimum Gasteiger partial charge on any atom is -0.494 e. The second-order valence-electron chi connectivity index (χ2n) is 9.97. The fourth-order valence-electron chi connectivity index (χ4n) is 5.70. The van der Waals surface area contributed by atoms with Crippen molar-refractivity contribution in [2.75, 3.05) is 13.7 Å². The smallest absolute Gasteiger partial charge is 0.185 e. The third kappa shape index (κ3) is 4.57. The Morgan fingerprint density at radius 3 is 2.50 bits per heavy atom. The summed E-state index contributed by atoms with van der Waals surface area (Å²) in [6, 6.07) is -0.582. The molecule has 2 fully saturated rings. The summed E-state index contributed by atoms with van der Waals surface area (Å²) in [5.74, 6) is 1.66. The number of hydrogen-bond donors (Lipinski definition) is 4. The number of aliphatic hydroxyl groups is 3. The van der Waals surface area contributed by atoms with Crippen molar-refractivity contribution in [3.63, 3.8) is 0 Å². The summed E-state index contributed by atoms with van der Waals surface area (Å²) >= 11 is 0. The second-order valence-corrected chi connectivity index (χ2v) is 9.97. The number of rotatable bonds is 5. The number of allylic oxidation sites excluding steroid dienone is 2. The van der Waals surface area contributed by atoms with Gasteiger partial charge >= 0.3 is 0 Å². The van der Waals surface area contributed by atoms with E-state index >= 15 is 0 Å². The summed E-state index contributed by atoms with van der Waals surface area (Å²) in [6.45, 7) is 10.2. The Hall–Kier alpha value is -0.700. The van der Waals surface area contributed by atoms with Crippen molar-refractivity contribution >= 4 is 0 Å². The molecule has 1 saturated carbocycles. The van der Waals surface area contributed by atoms with E-state index in [0.717, 1.165) is 25.0 Å². The van der Waals surface area contributed by atoms with Gasteiger partial charge in [-0.1, -0.05) is 27.7 Å². The lowest BCUT2D eigenvalue weighted by Gasteiger charge is -2.50. The SMILES string of the molecule is CCC1=CCC(C)C(C2C(C)CC(C)C(OC3OCC(C)(O)C(NC)C3O)C2O)O1. The van der Waals surface area contributed by atoms with Gasteiger partial charge in [0.15, 0.2) is 6.29 Å². The third-order valence-corrected chi connectivity index (χ3v) is 7.42. The lowest BCUT2D eigenvalue weighted by molar-refractivity contribution is -0.302. The molecule has 1 saturated heterocycles. The van der Waals surface area contributed by atoms with E-state index in [1.165, 1.54) is 0 Å². The number of likely N-dealkylation sites (N-methyl/N-ethyl adjacent to an activating group) is 1. The highest BCUT2D eigenvalue weighted by molar-refractivity contribution is 5.05. The Labute approximate surface area is 180 Å². The van der Waals surface area contributed by atoms with E-state index in [-0.39, 0.29) is 24.5 Å². The van der Waals surface area contributed by atoms with Crippen molar-refractivity contribution in [1.82, 2.24) is 5.32 Å². The second kappa shape index (κ2) is 9.43. The molecule has 11 unspecified atom stereocenters. The van der Waals surface area contributed by atoms with Crippen molar-refractivity contribution in [3.8, 4) is 0 Å². The standard InChI is InChI=1S/C23H41NO6/c1-7-15-9-8-12(2)19(29-15)16-13(3)10-14(4)20(17(16)25)30-22-18(26)21(24-6)23(5,27)11-28-22/h9,12-14,16-22,24-27H,7-8,10-11H2,1-6H3. The van der Waals surface area contributed by atoms with Crippen LogP contribution in [0, 0.1) is 23.7 Å². The molecule has 7 heteroatoms. The molecule has 0 bridgehead atoms. The molecule has 7 nitrogen and oxygen atoms in total. The molecule has 0 aromatic carbocycles. The quantitative estimate of drug-likeness (QED) is 0.531. The summed E-state index contributed by atoms with van der Waals surface area (Å²) in [7, 11) is 1.70. The van der Waals surface area contributed by atoms with Gasteiger partial charge in [-0.25, -0.2) is 0 Å². The van der Waals surface area contributed by atoms with Gasteiger partial charge in [-0.2, -0.15) is 0 Å². The van der Waals surface area contributed by atoms with Crippen LogP contribution < -0.4 is 5.32 Å². The highest BCUT2D eigenvalue weighted by Crippen LogP contribution is 2.43. The molecule has 174 valence electrons. The number of aliphatic hydroxyl groups excluding tert-OH is 2. The van der Waals surface area contributed by atoms with Gasteiger partial charge in [-0.3, -0.25) is 0 Å². The van der Waals surface area contributed by atoms with E-state index in [2.05, 4.69) is 39.1 Å². The lowest BCUT2D eigenvalue weighted by atomic mass is 9.67. The topological polar surface area (TPSA) is 100 Å². The summed E-state index contributed by atoms with van der Waals surface area (Å²) < 4.78 is 18.2. The minimum absolute atomic E-state index is 0.0463. The Balaban J connectivity index is 1.76. The summed E-state index contributed by atoms with van der Waals surface area (Å²) in [4.78, 5) is 0. The van der Waals surface area contributed by atoms with E-state index in [1.807, 2.05) is 0 Å². The molecule has 3 aliphatic rings. The first-order chi connectivity index (χ1) is 14.1. The van der Waals surface area contributed by atoms with Gasteiger partial charge in [0, 0.05) is 12.3 Å². The predicted octanol–water partition coefficient (Wildman–Crippen LogP) is 1.80. The van der Waals surface area contributed by atoms with Gasteiger partial charge < -0.3 is 34.8 Å². The highest BCUT2D eigenvalue weighted by atomic mass is 16.7.